The van der Waals surface area contributed by atoms with E-state index in [1.165, 1.54) is 5.56 Å². The maximum atomic E-state index is 14.2. The highest BCUT2D eigenvalue weighted by atomic mass is 19.1. The van der Waals surface area contributed by atoms with Crippen LogP contribution in [0.5, 0.6) is 0 Å². The van der Waals surface area contributed by atoms with Gasteiger partial charge < -0.3 is 15.0 Å². The first-order chi connectivity index (χ1) is 18.8. The molecule has 0 amide bonds. The molecular formula is C33H44FN3O2. The minimum absolute atomic E-state index is 0.102. The first-order valence-corrected chi connectivity index (χ1v) is 14.9. The number of para-hydroxylation sites is 2. The molecule has 0 saturated heterocycles. The second-order valence-electron chi connectivity index (χ2n) is 12.5. The van der Waals surface area contributed by atoms with Gasteiger partial charge in [-0.15, -0.1) is 0 Å². The molecule has 0 bridgehead atoms. The number of carboxylic acid groups (broad SMARTS) is 1. The number of hydrogen-bond donors (Lipinski definition) is 2. The fourth-order valence-electron chi connectivity index (χ4n) is 8.10. The molecule has 5 rings (SSSR count). The summed E-state index contributed by atoms with van der Waals surface area (Å²) >= 11 is 0. The standard InChI is InChI=1S/C33H44FN3O2/c1-22(2)31-25-15-14-24(34)21-23(25)16-17-33(31,27-10-5-4-9-26(27)32(38)39)18-20-37(3)19-8-13-30-35-28-11-6-7-12-29(28)36-30/h6-7,11-12,14-15,21-22,26-27,31H,4-5,8-10,13,16-20H2,1-3H3,(H,35,36)(H,38,39)/t26?,27?,31-,33+/m1/s1. The van der Waals surface area contributed by atoms with Gasteiger partial charge in [-0.05, 0) is 117 Å². The Morgan fingerprint density at radius 2 is 1.97 bits per heavy atom. The lowest BCUT2D eigenvalue weighted by Crippen LogP contribution is -2.49. The van der Waals surface area contributed by atoms with E-state index in [1.807, 2.05) is 24.3 Å². The number of aromatic nitrogens is 2. The van der Waals surface area contributed by atoms with Gasteiger partial charge in [0.2, 0.25) is 0 Å². The lowest BCUT2D eigenvalue weighted by atomic mass is 9.49. The van der Waals surface area contributed by atoms with Gasteiger partial charge in [-0.3, -0.25) is 4.79 Å². The van der Waals surface area contributed by atoms with E-state index in [9.17, 15) is 14.3 Å². The van der Waals surface area contributed by atoms with Crippen molar-refractivity contribution in [2.45, 2.75) is 77.6 Å². The Hall–Kier alpha value is -2.73. The molecule has 0 aliphatic heterocycles. The highest BCUT2D eigenvalue weighted by Gasteiger charge is 2.53. The normalized spacial score (nSPS) is 25.3. The summed E-state index contributed by atoms with van der Waals surface area (Å²) in [5.41, 5.74) is 4.36. The molecule has 3 aromatic rings. The summed E-state index contributed by atoms with van der Waals surface area (Å²) in [5, 5.41) is 10.3. The Morgan fingerprint density at radius 1 is 1.18 bits per heavy atom. The number of fused-ring (bicyclic) bond motifs is 2. The Labute approximate surface area is 232 Å². The van der Waals surface area contributed by atoms with Gasteiger partial charge in [0.05, 0.1) is 17.0 Å². The predicted octanol–water partition coefficient (Wildman–Crippen LogP) is 7.22. The van der Waals surface area contributed by atoms with Gasteiger partial charge in [0, 0.05) is 6.42 Å². The van der Waals surface area contributed by atoms with Crippen LogP contribution in [0.4, 0.5) is 4.39 Å². The smallest absolute Gasteiger partial charge is 0.306 e. The van der Waals surface area contributed by atoms with Gasteiger partial charge in [0.15, 0.2) is 0 Å². The predicted molar refractivity (Wildman–Crippen MR) is 154 cm³/mol. The lowest BCUT2D eigenvalue weighted by Gasteiger charge is -2.55. The van der Waals surface area contributed by atoms with Crippen molar-refractivity contribution in [3.05, 3.63) is 65.2 Å². The lowest BCUT2D eigenvalue weighted by molar-refractivity contribution is -0.149. The van der Waals surface area contributed by atoms with Crippen LogP contribution in [0, 0.1) is 29.0 Å². The molecule has 2 aliphatic carbocycles. The largest absolute Gasteiger partial charge is 0.481 e. The van der Waals surface area contributed by atoms with Crippen LogP contribution in [0.15, 0.2) is 42.5 Å². The van der Waals surface area contributed by atoms with E-state index in [0.29, 0.717) is 5.92 Å². The number of benzene rings is 2. The zero-order chi connectivity index (χ0) is 27.6. The molecule has 39 heavy (non-hydrogen) atoms. The van der Waals surface area contributed by atoms with Gasteiger partial charge >= 0.3 is 5.97 Å². The quantitative estimate of drug-likeness (QED) is 0.289. The SMILES string of the molecule is CC(C)[C@@H]1c2ccc(F)cc2CC[C@]1(CCN(C)CCCc1nc2ccccc2[nH]1)C1CCCCC1C(=O)O. The zero-order valence-corrected chi connectivity index (χ0v) is 23.8. The molecule has 6 heteroatoms. The van der Waals surface area contributed by atoms with E-state index in [0.717, 1.165) is 93.3 Å². The zero-order valence-electron chi connectivity index (χ0n) is 23.8. The van der Waals surface area contributed by atoms with Crippen LogP contribution < -0.4 is 0 Å². The van der Waals surface area contributed by atoms with Crippen LogP contribution in [0.25, 0.3) is 11.0 Å². The molecule has 1 fully saturated rings. The topological polar surface area (TPSA) is 69.2 Å². The number of nitrogens with zero attached hydrogens (tertiary/aromatic N) is 2. The molecule has 2 unspecified atom stereocenters. The van der Waals surface area contributed by atoms with Gasteiger partial charge in [-0.1, -0.05) is 44.9 Å². The number of rotatable bonds is 10. The first kappa shape index (κ1) is 27.8. The van der Waals surface area contributed by atoms with Gasteiger partial charge in [0.25, 0.3) is 0 Å². The molecule has 1 aromatic heterocycles. The Bertz CT molecular complexity index is 1250. The molecule has 5 nitrogen and oxygen atoms in total. The molecule has 2 aliphatic rings. The van der Waals surface area contributed by atoms with Crippen LogP contribution in [-0.2, 0) is 17.6 Å². The summed E-state index contributed by atoms with van der Waals surface area (Å²) in [6.45, 7) is 6.44. The molecule has 4 atom stereocenters. The molecule has 2 aromatic carbocycles. The van der Waals surface area contributed by atoms with E-state index < -0.39 is 5.97 Å². The van der Waals surface area contributed by atoms with Gasteiger partial charge in [0.1, 0.15) is 11.6 Å². The number of carbonyl (C=O) groups is 1. The van der Waals surface area contributed by atoms with Crippen molar-refractivity contribution in [3.63, 3.8) is 0 Å². The fraction of sp³-hybridized carbons (Fsp3) is 0.576. The molecule has 2 N–H and O–H groups in total. The second kappa shape index (κ2) is 11.8. The third kappa shape index (κ3) is 5.77. The van der Waals surface area contributed by atoms with E-state index in [4.69, 9.17) is 4.98 Å². The van der Waals surface area contributed by atoms with Crippen LogP contribution in [0.2, 0.25) is 0 Å². The van der Waals surface area contributed by atoms with Gasteiger partial charge in [-0.2, -0.15) is 0 Å². The van der Waals surface area contributed by atoms with Crippen LogP contribution in [0.1, 0.15) is 81.7 Å². The van der Waals surface area contributed by atoms with E-state index in [1.54, 1.807) is 12.1 Å². The van der Waals surface area contributed by atoms with Crippen molar-refractivity contribution < 1.29 is 14.3 Å². The van der Waals surface area contributed by atoms with Crippen molar-refractivity contribution in [2.75, 3.05) is 20.1 Å². The third-order valence-corrected chi connectivity index (χ3v) is 9.76. The average molecular weight is 534 g/mol. The van der Waals surface area contributed by atoms with E-state index >= 15 is 0 Å². The molecule has 1 heterocycles. The van der Waals surface area contributed by atoms with Crippen LogP contribution in [0.3, 0.4) is 0 Å². The van der Waals surface area contributed by atoms with Crippen molar-refractivity contribution in [3.8, 4) is 0 Å². The molecular weight excluding hydrogens is 489 g/mol. The summed E-state index contributed by atoms with van der Waals surface area (Å²) < 4.78 is 14.2. The van der Waals surface area contributed by atoms with E-state index in [-0.39, 0.29) is 29.0 Å². The second-order valence-corrected chi connectivity index (χ2v) is 12.5. The Balaban J connectivity index is 1.35. The number of aliphatic carboxylic acids is 1. The molecule has 1 saturated carbocycles. The molecule has 0 radical (unpaired) electrons. The number of H-pyrrole nitrogens is 1. The summed E-state index contributed by atoms with van der Waals surface area (Å²) in [6, 6.07) is 13.5. The monoisotopic (exact) mass is 533 g/mol. The summed E-state index contributed by atoms with van der Waals surface area (Å²) in [5.74, 6) is 0.668. The summed E-state index contributed by atoms with van der Waals surface area (Å²) in [7, 11) is 2.19. The maximum absolute atomic E-state index is 14.2. The van der Waals surface area contributed by atoms with Gasteiger partial charge in [-0.25, -0.2) is 9.37 Å². The Kier molecular flexibility index (Phi) is 8.41. The molecule has 0 spiro atoms. The minimum Gasteiger partial charge on any atom is -0.481 e. The van der Waals surface area contributed by atoms with Crippen LogP contribution in [-0.4, -0.2) is 46.1 Å². The van der Waals surface area contributed by atoms with Crippen LogP contribution >= 0.6 is 0 Å². The Morgan fingerprint density at radius 3 is 2.74 bits per heavy atom. The number of imidazole rings is 1. The van der Waals surface area contributed by atoms with Crippen molar-refractivity contribution in [1.29, 1.82) is 0 Å². The average Bonchev–Trinajstić information content (AvgIpc) is 3.34. The highest BCUT2D eigenvalue weighted by molar-refractivity contribution is 5.74. The minimum atomic E-state index is -0.634. The number of hydrogen-bond acceptors (Lipinski definition) is 3. The number of halogens is 1. The summed E-state index contributed by atoms with van der Waals surface area (Å²) in [6.07, 6.45) is 8.51. The third-order valence-electron chi connectivity index (χ3n) is 9.76. The fourth-order valence-corrected chi connectivity index (χ4v) is 8.10. The first-order valence-electron chi connectivity index (χ1n) is 14.9. The van der Waals surface area contributed by atoms with E-state index in [2.05, 4.69) is 36.8 Å². The summed E-state index contributed by atoms with van der Waals surface area (Å²) in [4.78, 5) is 23.1. The number of aryl methyl sites for hydroxylation is 2. The number of aromatic amines is 1. The van der Waals surface area contributed by atoms with Crippen molar-refractivity contribution in [1.82, 2.24) is 14.9 Å². The van der Waals surface area contributed by atoms with Crippen molar-refractivity contribution in [2.24, 2.45) is 23.2 Å². The van der Waals surface area contributed by atoms with Crippen molar-refractivity contribution >= 4 is 17.0 Å². The maximum Gasteiger partial charge on any atom is 0.306 e. The molecule has 210 valence electrons. The number of nitrogens with one attached hydrogen (secondary N) is 1. The highest BCUT2D eigenvalue weighted by Crippen LogP contribution is 2.60. The number of carboxylic acids is 1.